The van der Waals surface area contributed by atoms with Gasteiger partial charge in [0.05, 0.1) is 11.0 Å². The lowest BCUT2D eigenvalue weighted by atomic mass is 10.2. The molecule has 1 heterocycles. The van der Waals surface area contributed by atoms with Crippen LogP contribution in [0, 0.1) is 5.82 Å². The average molecular weight is 285 g/mol. The number of aryl methyl sites for hydroxylation is 1. The molecule has 0 bridgehead atoms. The molecule has 0 unspecified atom stereocenters. The molecule has 0 amide bonds. The molecule has 0 aliphatic rings. The predicted octanol–water partition coefficient (Wildman–Crippen LogP) is 1.75. The zero-order chi connectivity index (χ0) is 15.1. The molecule has 2 aromatic carbocycles. The maximum absolute atomic E-state index is 13.3. The highest BCUT2D eigenvalue weighted by Gasteiger charge is 2.18. The van der Waals surface area contributed by atoms with E-state index in [2.05, 4.69) is 0 Å². The van der Waals surface area contributed by atoms with E-state index in [0.29, 0.717) is 16.7 Å². The summed E-state index contributed by atoms with van der Waals surface area (Å²) >= 11 is 0. The molecule has 106 valence electrons. The molecule has 0 atom stereocenters. The van der Waals surface area contributed by atoms with Crippen LogP contribution in [0.3, 0.4) is 0 Å². The number of carbonyl (C=O) groups excluding carboxylic acids is 1. The van der Waals surface area contributed by atoms with Gasteiger partial charge in [-0.05, 0) is 36.4 Å². The minimum Gasteiger partial charge on any atom is -0.399 e. The van der Waals surface area contributed by atoms with Gasteiger partial charge in [-0.15, -0.1) is 0 Å². The summed E-state index contributed by atoms with van der Waals surface area (Å²) in [5, 5.41) is 0. The molecule has 6 heteroatoms. The molecule has 0 saturated heterocycles. The number of imidazole rings is 1. The fourth-order valence-electron chi connectivity index (χ4n) is 2.31. The number of benzene rings is 2. The van der Waals surface area contributed by atoms with E-state index in [0.717, 1.165) is 10.6 Å². The minimum absolute atomic E-state index is 0.104. The van der Waals surface area contributed by atoms with Crippen LogP contribution in [-0.2, 0) is 7.05 Å². The summed E-state index contributed by atoms with van der Waals surface area (Å²) < 4.78 is 15.6. The van der Waals surface area contributed by atoms with E-state index < -0.39 is 17.4 Å². The fraction of sp³-hybridized carbons (Fsp3) is 0.0667. The van der Waals surface area contributed by atoms with Crippen molar-refractivity contribution in [3.8, 4) is 0 Å². The number of nitrogens with two attached hydrogens (primary N) is 1. The molecule has 3 aromatic rings. The standard InChI is InChI=1S/C15H12FN3O2/c1-18-12-6-5-11(17)8-13(12)19(15(18)21)14(20)9-3-2-4-10(16)7-9/h2-8H,17H2,1H3. The molecule has 21 heavy (non-hydrogen) atoms. The number of rotatable bonds is 1. The van der Waals surface area contributed by atoms with Gasteiger partial charge in [-0.25, -0.2) is 13.8 Å². The quantitative estimate of drug-likeness (QED) is 0.692. The lowest BCUT2D eigenvalue weighted by molar-refractivity contribution is 0.0959. The van der Waals surface area contributed by atoms with Crippen molar-refractivity contribution in [2.45, 2.75) is 0 Å². The third-order valence-electron chi connectivity index (χ3n) is 3.35. The van der Waals surface area contributed by atoms with Gasteiger partial charge in [-0.2, -0.15) is 0 Å². The van der Waals surface area contributed by atoms with Crippen molar-refractivity contribution in [2.75, 3.05) is 5.73 Å². The smallest absolute Gasteiger partial charge is 0.335 e. The largest absolute Gasteiger partial charge is 0.399 e. The summed E-state index contributed by atoms with van der Waals surface area (Å²) in [6.45, 7) is 0. The van der Waals surface area contributed by atoms with Crippen molar-refractivity contribution >= 4 is 22.6 Å². The first-order valence-corrected chi connectivity index (χ1v) is 6.26. The lowest BCUT2D eigenvalue weighted by Crippen LogP contribution is -2.28. The molecule has 1 aromatic heterocycles. The molecule has 2 N–H and O–H groups in total. The Labute approximate surface area is 119 Å². The molecule has 3 rings (SSSR count). The Morgan fingerprint density at radius 3 is 2.62 bits per heavy atom. The van der Waals surface area contributed by atoms with Crippen molar-refractivity contribution in [1.29, 1.82) is 0 Å². The highest BCUT2D eigenvalue weighted by Crippen LogP contribution is 2.17. The first-order valence-electron chi connectivity index (χ1n) is 6.26. The van der Waals surface area contributed by atoms with Gasteiger partial charge in [0.25, 0.3) is 5.91 Å². The summed E-state index contributed by atoms with van der Waals surface area (Å²) in [6.07, 6.45) is 0. The van der Waals surface area contributed by atoms with Gasteiger partial charge >= 0.3 is 5.69 Å². The van der Waals surface area contributed by atoms with Gasteiger partial charge in [0, 0.05) is 18.3 Å². The number of halogens is 1. The maximum atomic E-state index is 13.3. The Hall–Kier alpha value is -2.89. The first kappa shape index (κ1) is 13.1. The van der Waals surface area contributed by atoms with Crippen LogP contribution in [0.2, 0.25) is 0 Å². The summed E-state index contributed by atoms with van der Waals surface area (Å²) in [7, 11) is 1.57. The Morgan fingerprint density at radius 2 is 1.90 bits per heavy atom. The Balaban J connectivity index is 2.30. The number of hydrogen-bond acceptors (Lipinski definition) is 3. The monoisotopic (exact) mass is 285 g/mol. The van der Waals surface area contributed by atoms with E-state index in [1.807, 2.05) is 0 Å². The number of hydrogen-bond donors (Lipinski definition) is 1. The van der Waals surface area contributed by atoms with E-state index in [-0.39, 0.29) is 5.56 Å². The lowest BCUT2D eigenvalue weighted by Gasteiger charge is -2.03. The number of aromatic nitrogens is 2. The van der Waals surface area contributed by atoms with Gasteiger partial charge in [0.2, 0.25) is 0 Å². The fourth-order valence-corrected chi connectivity index (χ4v) is 2.31. The highest BCUT2D eigenvalue weighted by atomic mass is 19.1. The second-order valence-electron chi connectivity index (χ2n) is 4.74. The van der Waals surface area contributed by atoms with Gasteiger partial charge in [-0.1, -0.05) is 6.07 Å². The third-order valence-corrected chi connectivity index (χ3v) is 3.35. The Kier molecular flexibility index (Phi) is 2.86. The van der Waals surface area contributed by atoms with Crippen LogP contribution >= 0.6 is 0 Å². The van der Waals surface area contributed by atoms with Crippen LogP contribution in [0.4, 0.5) is 10.1 Å². The van der Waals surface area contributed by atoms with E-state index >= 15 is 0 Å². The van der Waals surface area contributed by atoms with Crippen LogP contribution in [0.15, 0.2) is 47.3 Å². The second kappa shape index (κ2) is 4.59. The summed E-state index contributed by atoms with van der Waals surface area (Å²) in [6, 6.07) is 10.1. The van der Waals surface area contributed by atoms with E-state index in [9.17, 15) is 14.0 Å². The second-order valence-corrected chi connectivity index (χ2v) is 4.74. The van der Waals surface area contributed by atoms with Crippen LogP contribution in [-0.4, -0.2) is 15.0 Å². The summed E-state index contributed by atoms with van der Waals surface area (Å²) in [5.74, 6) is -1.12. The van der Waals surface area contributed by atoms with E-state index in [1.54, 1.807) is 25.2 Å². The summed E-state index contributed by atoms with van der Waals surface area (Å²) in [4.78, 5) is 24.8. The van der Waals surface area contributed by atoms with Gasteiger partial charge in [0.1, 0.15) is 5.82 Å². The molecule has 5 nitrogen and oxygen atoms in total. The van der Waals surface area contributed by atoms with E-state index in [4.69, 9.17) is 5.73 Å². The normalized spacial score (nSPS) is 11.0. The molecular weight excluding hydrogens is 273 g/mol. The van der Waals surface area contributed by atoms with Crippen LogP contribution < -0.4 is 11.4 Å². The van der Waals surface area contributed by atoms with Crippen molar-refractivity contribution in [3.05, 3.63) is 64.3 Å². The number of fused-ring (bicyclic) bond motifs is 1. The van der Waals surface area contributed by atoms with Crippen molar-refractivity contribution in [2.24, 2.45) is 7.05 Å². The number of nitrogen functional groups attached to an aromatic ring is 1. The molecule has 0 radical (unpaired) electrons. The van der Waals surface area contributed by atoms with E-state index in [1.165, 1.54) is 22.8 Å². The SMILES string of the molecule is Cn1c(=O)n(C(=O)c2cccc(F)c2)c2cc(N)ccc21. The zero-order valence-electron chi connectivity index (χ0n) is 11.2. The zero-order valence-corrected chi connectivity index (χ0v) is 11.2. The molecule has 0 aliphatic carbocycles. The van der Waals surface area contributed by atoms with Crippen molar-refractivity contribution < 1.29 is 9.18 Å². The van der Waals surface area contributed by atoms with Gasteiger partial charge < -0.3 is 5.73 Å². The van der Waals surface area contributed by atoms with Gasteiger partial charge in [0.15, 0.2) is 0 Å². The van der Waals surface area contributed by atoms with Crippen LogP contribution in [0.5, 0.6) is 0 Å². The maximum Gasteiger partial charge on any atom is 0.335 e. The molecular formula is C15H12FN3O2. The molecule has 0 spiro atoms. The highest BCUT2D eigenvalue weighted by molar-refractivity contribution is 6.01. The number of nitrogens with zero attached hydrogens (tertiary/aromatic N) is 2. The van der Waals surface area contributed by atoms with Gasteiger partial charge in [-0.3, -0.25) is 9.36 Å². The average Bonchev–Trinajstić information content (AvgIpc) is 2.70. The number of carbonyl (C=O) groups is 1. The van der Waals surface area contributed by atoms with Crippen molar-refractivity contribution in [3.63, 3.8) is 0 Å². The third kappa shape index (κ3) is 2.01. The Bertz CT molecular complexity index is 924. The van der Waals surface area contributed by atoms with Crippen LogP contribution in [0.1, 0.15) is 10.4 Å². The topological polar surface area (TPSA) is 70.0 Å². The van der Waals surface area contributed by atoms with Crippen molar-refractivity contribution in [1.82, 2.24) is 9.13 Å². The molecule has 0 fully saturated rings. The molecule has 0 saturated carbocycles. The molecule has 0 aliphatic heterocycles. The first-order chi connectivity index (χ1) is 9.99. The Morgan fingerprint density at radius 1 is 1.14 bits per heavy atom. The number of anilines is 1. The summed E-state index contributed by atoms with van der Waals surface area (Å²) in [5.41, 5.74) is 6.75. The minimum atomic E-state index is -0.587. The predicted molar refractivity (Wildman–Crippen MR) is 77.7 cm³/mol. The van der Waals surface area contributed by atoms with Crippen LogP contribution in [0.25, 0.3) is 11.0 Å².